The monoisotopic (exact) mass is 595 g/mol. The van der Waals surface area contributed by atoms with Gasteiger partial charge in [-0.3, -0.25) is 13.9 Å². The zero-order valence-electron chi connectivity index (χ0n) is 21.1. The Morgan fingerprint density at radius 3 is 2.21 bits per heavy atom. The Morgan fingerprint density at radius 2 is 1.61 bits per heavy atom. The molecule has 3 rings (SSSR count). The van der Waals surface area contributed by atoms with Crippen molar-refractivity contribution in [2.45, 2.75) is 37.8 Å². The molecule has 0 heterocycles. The molecule has 0 unspecified atom stereocenters. The fourth-order valence-corrected chi connectivity index (χ4v) is 5.98. The average Bonchev–Trinajstić information content (AvgIpc) is 2.89. The summed E-state index contributed by atoms with van der Waals surface area (Å²) < 4.78 is 28.6. The summed E-state index contributed by atoms with van der Waals surface area (Å²) in [6, 6.07) is 16.7. The SMILES string of the molecule is CC[C@H](C(=O)NC)N(Cc1ccccc1Cl)C(=O)CN(c1cc(Cl)ccc1Cl)S(=O)(=O)c1ccc(C)cc1. The summed E-state index contributed by atoms with van der Waals surface area (Å²) >= 11 is 19.0. The Bertz CT molecular complexity index is 1420. The maximum absolute atomic E-state index is 13.9. The highest BCUT2D eigenvalue weighted by Crippen LogP contribution is 2.33. The molecular formula is C27H28Cl3N3O4S. The molecule has 1 atom stereocenters. The van der Waals surface area contributed by atoms with Crippen LogP contribution in [0.5, 0.6) is 0 Å². The zero-order chi connectivity index (χ0) is 28.0. The van der Waals surface area contributed by atoms with Gasteiger partial charge in [-0.05, 0) is 55.3 Å². The number of carbonyl (C=O) groups excluding carboxylic acids is 2. The van der Waals surface area contributed by atoms with Gasteiger partial charge in [0, 0.05) is 23.6 Å². The minimum absolute atomic E-state index is 0.00781. The van der Waals surface area contributed by atoms with Crippen molar-refractivity contribution in [1.29, 1.82) is 0 Å². The molecule has 0 bridgehead atoms. The van der Waals surface area contributed by atoms with Gasteiger partial charge in [0.15, 0.2) is 0 Å². The molecule has 1 N–H and O–H groups in total. The van der Waals surface area contributed by atoms with Gasteiger partial charge in [0.2, 0.25) is 11.8 Å². The Kier molecular flexibility index (Phi) is 10.1. The summed E-state index contributed by atoms with van der Waals surface area (Å²) in [5, 5.41) is 3.33. The van der Waals surface area contributed by atoms with Gasteiger partial charge in [-0.2, -0.15) is 0 Å². The molecule has 0 aliphatic carbocycles. The third-order valence-corrected chi connectivity index (χ3v) is 8.69. The molecule has 2 amide bonds. The molecule has 0 aromatic heterocycles. The number of aryl methyl sites for hydroxylation is 1. The Morgan fingerprint density at radius 1 is 0.947 bits per heavy atom. The van der Waals surface area contributed by atoms with Gasteiger partial charge in [-0.15, -0.1) is 0 Å². The molecular weight excluding hydrogens is 569 g/mol. The topological polar surface area (TPSA) is 86.8 Å². The first-order valence-electron chi connectivity index (χ1n) is 11.8. The highest BCUT2D eigenvalue weighted by Gasteiger charge is 2.34. The average molecular weight is 597 g/mol. The van der Waals surface area contributed by atoms with E-state index in [1.54, 1.807) is 43.3 Å². The van der Waals surface area contributed by atoms with Gasteiger partial charge in [0.25, 0.3) is 10.0 Å². The zero-order valence-corrected chi connectivity index (χ0v) is 24.2. The van der Waals surface area contributed by atoms with E-state index in [2.05, 4.69) is 5.32 Å². The Hall–Kier alpha value is -2.78. The summed E-state index contributed by atoms with van der Waals surface area (Å²) in [6.07, 6.45) is 0.290. The first-order chi connectivity index (χ1) is 18.0. The van der Waals surface area contributed by atoms with Crippen molar-refractivity contribution in [2.75, 3.05) is 17.9 Å². The first kappa shape index (κ1) is 29.8. The summed E-state index contributed by atoms with van der Waals surface area (Å²) in [7, 11) is -2.79. The van der Waals surface area contributed by atoms with E-state index in [4.69, 9.17) is 34.8 Å². The number of benzene rings is 3. The van der Waals surface area contributed by atoms with E-state index in [-0.39, 0.29) is 33.1 Å². The number of likely N-dealkylation sites (N-methyl/N-ethyl adjacent to an activating group) is 1. The molecule has 0 spiro atoms. The van der Waals surface area contributed by atoms with E-state index in [0.29, 0.717) is 17.0 Å². The normalized spacial score (nSPS) is 12.1. The van der Waals surface area contributed by atoms with Crippen LogP contribution in [0.25, 0.3) is 0 Å². The van der Waals surface area contributed by atoms with Gasteiger partial charge < -0.3 is 10.2 Å². The van der Waals surface area contributed by atoms with Crippen LogP contribution >= 0.6 is 34.8 Å². The van der Waals surface area contributed by atoms with E-state index in [9.17, 15) is 18.0 Å². The van der Waals surface area contributed by atoms with Crippen LogP contribution < -0.4 is 9.62 Å². The first-order valence-corrected chi connectivity index (χ1v) is 14.4. The molecule has 7 nitrogen and oxygen atoms in total. The Labute approximate surface area is 238 Å². The second-order valence-corrected chi connectivity index (χ2v) is 11.7. The van der Waals surface area contributed by atoms with Crippen LogP contribution in [-0.2, 0) is 26.2 Å². The predicted octanol–water partition coefficient (Wildman–Crippen LogP) is 5.70. The summed E-state index contributed by atoms with van der Waals surface area (Å²) in [6.45, 7) is 2.96. The largest absolute Gasteiger partial charge is 0.357 e. The fraction of sp³-hybridized carbons (Fsp3) is 0.259. The maximum atomic E-state index is 13.9. The van der Waals surface area contributed by atoms with Gasteiger partial charge in [-0.1, -0.05) is 77.6 Å². The number of anilines is 1. The van der Waals surface area contributed by atoms with Crippen LogP contribution in [0.4, 0.5) is 5.69 Å². The lowest BCUT2D eigenvalue weighted by Gasteiger charge is -2.33. The third kappa shape index (κ3) is 6.80. The number of carbonyl (C=O) groups is 2. The number of hydrogen-bond donors (Lipinski definition) is 1. The van der Waals surface area contributed by atoms with E-state index >= 15 is 0 Å². The number of nitrogens with one attached hydrogen (secondary N) is 1. The van der Waals surface area contributed by atoms with Crippen LogP contribution in [0, 0.1) is 6.92 Å². The quantitative estimate of drug-likeness (QED) is 0.325. The van der Waals surface area contributed by atoms with Crippen molar-refractivity contribution in [3.05, 3.63) is 92.9 Å². The molecule has 0 aliphatic rings. The van der Waals surface area contributed by atoms with E-state index in [1.165, 1.54) is 42.3 Å². The summed E-state index contributed by atoms with van der Waals surface area (Å²) in [5.74, 6) is -1.01. The van der Waals surface area contributed by atoms with Gasteiger partial charge in [0.1, 0.15) is 12.6 Å². The Balaban J connectivity index is 2.12. The molecule has 0 aliphatic heterocycles. The number of hydrogen-bond acceptors (Lipinski definition) is 4. The highest BCUT2D eigenvalue weighted by molar-refractivity contribution is 7.92. The summed E-state index contributed by atoms with van der Waals surface area (Å²) in [4.78, 5) is 28.0. The third-order valence-electron chi connectivity index (χ3n) is 6.00. The molecule has 202 valence electrons. The molecule has 3 aromatic carbocycles. The number of amides is 2. The molecule has 38 heavy (non-hydrogen) atoms. The van der Waals surface area contributed by atoms with E-state index in [0.717, 1.165) is 9.87 Å². The molecule has 0 saturated carbocycles. The van der Waals surface area contributed by atoms with E-state index < -0.39 is 28.5 Å². The predicted molar refractivity (Wildman–Crippen MR) is 152 cm³/mol. The standard InChI is InChI=1S/C27H28Cl3N3O4S/c1-4-24(27(35)31-3)32(16-19-7-5-6-8-22(19)29)26(34)17-33(25-15-20(28)11-14-23(25)30)38(36,37)21-12-9-18(2)10-13-21/h5-15,24H,4,16-17H2,1-3H3,(H,31,35)/t24-/m1/s1. The van der Waals surface area contributed by atoms with Crippen LogP contribution in [0.15, 0.2) is 71.6 Å². The maximum Gasteiger partial charge on any atom is 0.264 e. The van der Waals surface area contributed by atoms with Crippen LogP contribution in [0.2, 0.25) is 15.1 Å². The fourth-order valence-electron chi connectivity index (χ4n) is 3.92. The number of halogens is 3. The van der Waals surface area contributed by atoms with Crippen molar-refractivity contribution in [1.82, 2.24) is 10.2 Å². The van der Waals surface area contributed by atoms with Crippen molar-refractivity contribution < 1.29 is 18.0 Å². The lowest BCUT2D eigenvalue weighted by atomic mass is 10.1. The van der Waals surface area contributed by atoms with Crippen molar-refractivity contribution in [2.24, 2.45) is 0 Å². The second-order valence-electron chi connectivity index (χ2n) is 8.57. The number of sulfonamides is 1. The second kappa shape index (κ2) is 12.8. The minimum atomic E-state index is -4.26. The smallest absolute Gasteiger partial charge is 0.264 e. The van der Waals surface area contributed by atoms with Gasteiger partial charge in [0.05, 0.1) is 15.6 Å². The van der Waals surface area contributed by atoms with Crippen LogP contribution in [-0.4, -0.2) is 44.8 Å². The minimum Gasteiger partial charge on any atom is -0.357 e. The van der Waals surface area contributed by atoms with E-state index in [1.807, 2.05) is 6.92 Å². The van der Waals surface area contributed by atoms with Crippen molar-refractivity contribution in [3.8, 4) is 0 Å². The van der Waals surface area contributed by atoms with Crippen molar-refractivity contribution >= 4 is 62.3 Å². The van der Waals surface area contributed by atoms with Crippen LogP contribution in [0.3, 0.4) is 0 Å². The highest BCUT2D eigenvalue weighted by atomic mass is 35.5. The van der Waals surface area contributed by atoms with Crippen molar-refractivity contribution in [3.63, 3.8) is 0 Å². The molecule has 0 fully saturated rings. The lowest BCUT2D eigenvalue weighted by molar-refractivity contribution is -0.140. The molecule has 11 heteroatoms. The summed E-state index contributed by atoms with van der Waals surface area (Å²) in [5.41, 5.74) is 1.52. The lowest BCUT2D eigenvalue weighted by Crippen LogP contribution is -2.51. The number of nitrogens with zero attached hydrogens (tertiary/aromatic N) is 2. The molecule has 0 radical (unpaired) electrons. The molecule has 0 saturated heterocycles. The van der Waals surface area contributed by atoms with Gasteiger partial charge >= 0.3 is 0 Å². The van der Waals surface area contributed by atoms with Crippen LogP contribution in [0.1, 0.15) is 24.5 Å². The number of rotatable bonds is 10. The van der Waals surface area contributed by atoms with Gasteiger partial charge in [-0.25, -0.2) is 8.42 Å². The molecule has 3 aromatic rings.